The van der Waals surface area contributed by atoms with Gasteiger partial charge >= 0.3 is 33.4 Å². The molecule has 0 radical (unpaired) electrons. The number of carbonyl (C=O) groups excluding carboxylic acids is 2. The average Bonchev–Trinajstić information content (AvgIpc) is 3.82. The standard InChI is InChI=1S/C29H42N12O16P2/c1-29(2,3)56-28(45)37-14(5-4-7-36-39-32)26(43)55-22-17(54-25(21(22)42)41-13-35-20-23(31)33-12-34-24(20)41)11-52-59(49,50)57-15-9-19(40-8-6-18(30)38-27(40)44)53-16(15)10-51-58(46,47)48/h6,8,12-17,19,21-22,25,42H,4-5,7,9-11H2,1-3H3,(H,37,45)(H,49,50)(H2,30,38,44)(H2,31,33,34)(H2,46,47,48)/t14-,15?,16?,17?,19?,21?,22?,25?/m1/s1. The molecule has 5 heterocycles. The molecule has 1 amide bonds. The normalized spacial score (nSPS) is 24.9. The molecule has 0 bridgehead atoms. The van der Waals surface area contributed by atoms with Gasteiger partial charge in [-0.05, 0) is 45.2 Å². The van der Waals surface area contributed by atoms with Crippen LogP contribution in [0.2, 0.25) is 0 Å². The quantitative estimate of drug-likeness (QED) is 0.0239. The number of alkyl carbamates (subject to hydrolysis) is 1. The minimum absolute atomic E-state index is 0.0144. The zero-order valence-corrected chi connectivity index (χ0v) is 33.2. The number of nitrogens with zero attached hydrogens (tertiary/aromatic N) is 9. The highest BCUT2D eigenvalue weighted by molar-refractivity contribution is 7.47. The van der Waals surface area contributed by atoms with E-state index in [0.717, 1.165) is 10.9 Å². The van der Waals surface area contributed by atoms with Gasteiger partial charge in [-0.1, -0.05) is 5.11 Å². The molecule has 2 saturated heterocycles. The zero-order valence-electron chi connectivity index (χ0n) is 31.4. The van der Waals surface area contributed by atoms with Gasteiger partial charge in [0.1, 0.15) is 59.9 Å². The number of rotatable bonds is 17. The molecule has 3 aromatic rings. The number of ether oxygens (including phenoxy) is 4. The molecule has 8 unspecified atom stereocenters. The number of imidazole rings is 1. The fourth-order valence-corrected chi connectivity index (χ4v) is 7.23. The van der Waals surface area contributed by atoms with E-state index in [1.807, 2.05) is 0 Å². The lowest BCUT2D eigenvalue weighted by Crippen LogP contribution is -2.47. The number of azide groups is 1. The van der Waals surface area contributed by atoms with Gasteiger partial charge in [0, 0.05) is 24.1 Å². The maximum atomic E-state index is 13.7. The number of aromatic nitrogens is 6. The Morgan fingerprint density at radius 2 is 1.85 bits per heavy atom. The number of nitrogen functional groups attached to an aromatic ring is 2. The molecule has 0 aliphatic carbocycles. The Bertz CT molecular complexity index is 2190. The van der Waals surface area contributed by atoms with E-state index in [0.29, 0.717) is 0 Å². The van der Waals surface area contributed by atoms with Crippen molar-refractivity contribution in [3.8, 4) is 0 Å². The second kappa shape index (κ2) is 18.6. The summed E-state index contributed by atoms with van der Waals surface area (Å²) >= 11 is 0. The van der Waals surface area contributed by atoms with Crippen molar-refractivity contribution in [2.45, 2.75) is 94.7 Å². The number of anilines is 2. The summed E-state index contributed by atoms with van der Waals surface area (Å²) in [6, 6.07) is -0.160. The Morgan fingerprint density at radius 1 is 1.12 bits per heavy atom. The molecule has 0 spiro atoms. The highest BCUT2D eigenvalue weighted by Crippen LogP contribution is 2.50. The summed E-state index contributed by atoms with van der Waals surface area (Å²) < 4.78 is 64.9. The molecule has 324 valence electrons. The number of hydrogen-bond acceptors (Lipinski definition) is 20. The van der Waals surface area contributed by atoms with Gasteiger partial charge in [0.2, 0.25) is 0 Å². The van der Waals surface area contributed by atoms with Crippen molar-refractivity contribution in [2.75, 3.05) is 31.2 Å². The van der Waals surface area contributed by atoms with Crippen molar-refractivity contribution < 1.29 is 71.0 Å². The van der Waals surface area contributed by atoms with Crippen molar-refractivity contribution in [1.82, 2.24) is 34.4 Å². The van der Waals surface area contributed by atoms with Crippen LogP contribution in [-0.4, -0.2) is 123 Å². The number of phosphoric ester groups is 2. The molecule has 9 N–H and O–H groups in total. The molecule has 9 atom stereocenters. The molecular formula is C29H42N12O16P2. The van der Waals surface area contributed by atoms with E-state index in [-0.39, 0.29) is 48.6 Å². The van der Waals surface area contributed by atoms with Gasteiger partial charge in [0.25, 0.3) is 0 Å². The van der Waals surface area contributed by atoms with Crippen molar-refractivity contribution in [3.05, 3.63) is 45.8 Å². The van der Waals surface area contributed by atoms with E-state index in [1.54, 1.807) is 20.8 Å². The van der Waals surface area contributed by atoms with Gasteiger partial charge in [0.05, 0.1) is 19.5 Å². The average molecular weight is 877 g/mol. The number of nitrogens with two attached hydrogens (primary N) is 2. The highest BCUT2D eigenvalue weighted by Gasteiger charge is 2.50. The van der Waals surface area contributed by atoms with Crippen molar-refractivity contribution in [1.29, 1.82) is 0 Å². The van der Waals surface area contributed by atoms with Crippen molar-refractivity contribution in [2.24, 2.45) is 5.11 Å². The van der Waals surface area contributed by atoms with Crippen LogP contribution in [0.3, 0.4) is 0 Å². The van der Waals surface area contributed by atoms with Crippen LogP contribution >= 0.6 is 15.6 Å². The maximum Gasteiger partial charge on any atom is 0.472 e. The van der Waals surface area contributed by atoms with Crippen LogP contribution in [0.25, 0.3) is 21.6 Å². The first-order chi connectivity index (χ1) is 27.6. The summed E-state index contributed by atoms with van der Waals surface area (Å²) in [6.07, 6.45) is -8.52. The molecule has 30 heteroatoms. The van der Waals surface area contributed by atoms with E-state index >= 15 is 0 Å². The van der Waals surface area contributed by atoms with Gasteiger partial charge in [-0.2, -0.15) is 4.98 Å². The Hall–Kier alpha value is -4.82. The third kappa shape index (κ3) is 12.1. The second-order valence-corrected chi connectivity index (χ2v) is 16.6. The summed E-state index contributed by atoms with van der Waals surface area (Å²) in [6.45, 7) is 2.93. The molecule has 28 nitrogen and oxygen atoms in total. The topological polar surface area (TPSA) is 405 Å². The van der Waals surface area contributed by atoms with Gasteiger partial charge in [-0.3, -0.25) is 22.7 Å². The molecule has 3 aromatic heterocycles. The monoisotopic (exact) mass is 876 g/mol. The maximum absolute atomic E-state index is 13.7. The summed E-state index contributed by atoms with van der Waals surface area (Å²) in [5.41, 5.74) is 18.5. The van der Waals surface area contributed by atoms with Crippen LogP contribution < -0.4 is 22.5 Å². The molecule has 5 rings (SSSR count). The number of fused-ring (bicyclic) bond motifs is 1. The Labute approximate surface area is 332 Å². The lowest BCUT2D eigenvalue weighted by atomic mass is 10.1. The van der Waals surface area contributed by atoms with E-state index in [9.17, 15) is 43.3 Å². The van der Waals surface area contributed by atoms with Gasteiger partial charge in [0.15, 0.2) is 23.8 Å². The van der Waals surface area contributed by atoms with E-state index in [2.05, 4.69) is 39.8 Å². The van der Waals surface area contributed by atoms with Crippen LogP contribution in [0.5, 0.6) is 0 Å². The minimum Gasteiger partial charge on any atom is -0.455 e. The summed E-state index contributed by atoms with van der Waals surface area (Å²) in [7, 11) is -10.3. The molecule has 0 saturated carbocycles. The third-order valence-electron chi connectivity index (χ3n) is 8.43. The van der Waals surface area contributed by atoms with Crippen LogP contribution in [0, 0.1) is 0 Å². The zero-order chi connectivity index (χ0) is 43.3. The Kier molecular flexibility index (Phi) is 14.3. The fourth-order valence-electron chi connectivity index (χ4n) is 5.93. The number of aliphatic hydroxyl groups excluding tert-OH is 1. The number of amides is 1. The molecule has 59 heavy (non-hydrogen) atoms. The van der Waals surface area contributed by atoms with Crippen LogP contribution in [0.4, 0.5) is 16.4 Å². The third-order valence-corrected chi connectivity index (χ3v) is 9.93. The number of carbonyl (C=O) groups is 2. The highest BCUT2D eigenvalue weighted by atomic mass is 31.2. The smallest absolute Gasteiger partial charge is 0.455 e. The largest absolute Gasteiger partial charge is 0.472 e. The van der Waals surface area contributed by atoms with E-state index < -0.39 is 101 Å². The first-order valence-corrected chi connectivity index (χ1v) is 20.5. The Morgan fingerprint density at radius 3 is 2.53 bits per heavy atom. The lowest BCUT2D eigenvalue weighted by Gasteiger charge is -2.26. The number of aliphatic hydroxyl groups is 1. The van der Waals surface area contributed by atoms with Gasteiger partial charge < -0.3 is 55.5 Å². The van der Waals surface area contributed by atoms with Crippen LogP contribution in [-0.2, 0) is 46.4 Å². The summed E-state index contributed by atoms with van der Waals surface area (Å²) in [4.78, 5) is 86.7. The molecular weight excluding hydrogens is 834 g/mol. The number of esters is 1. The predicted molar refractivity (Wildman–Crippen MR) is 196 cm³/mol. The minimum atomic E-state index is -5.24. The first-order valence-electron chi connectivity index (χ1n) is 17.5. The Balaban J connectivity index is 1.38. The summed E-state index contributed by atoms with van der Waals surface area (Å²) in [5, 5.41) is 17.4. The van der Waals surface area contributed by atoms with Crippen molar-refractivity contribution in [3.63, 3.8) is 0 Å². The number of hydrogen-bond donors (Lipinski definition) is 7. The van der Waals surface area contributed by atoms with Gasteiger partial charge in [-0.25, -0.2) is 38.5 Å². The predicted octanol–water partition coefficient (Wildman–Crippen LogP) is 0.301. The number of phosphoric acid groups is 2. The van der Waals surface area contributed by atoms with Gasteiger partial charge in [-0.15, -0.1) is 0 Å². The van der Waals surface area contributed by atoms with Crippen LogP contribution in [0.15, 0.2) is 34.8 Å². The van der Waals surface area contributed by atoms with E-state index in [1.165, 1.54) is 23.2 Å². The molecule has 0 aromatic carbocycles. The fraction of sp³-hybridized carbons (Fsp3) is 0.621. The van der Waals surface area contributed by atoms with Crippen LogP contribution in [0.1, 0.15) is 52.5 Å². The molecule has 2 aliphatic rings. The van der Waals surface area contributed by atoms with Crippen molar-refractivity contribution >= 4 is 50.5 Å². The summed E-state index contributed by atoms with van der Waals surface area (Å²) in [5.74, 6) is -1.25. The lowest BCUT2D eigenvalue weighted by molar-refractivity contribution is -0.159. The SMILES string of the molecule is CC(C)(C)OC(=O)N[C@H](CCCN=[N+]=[N-])C(=O)OC1C(COP(=O)(O)OC2CC(n3ccc(N)nc3=O)OC2COP(=O)(O)O)OC(n2cnc3c(N)ncnc32)C1O. The first kappa shape index (κ1) is 45.3. The second-order valence-electron chi connectivity index (χ2n) is 13.9. The molecule has 2 fully saturated rings. The number of nitrogens with one attached hydrogen (secondary N) is 1. The molecule has 2 aliphatic heterocycles. The van der Waals surface area contributed by atoms with E-state index in [4.69, 9.17) is 45.0 Å².